The summed E-state index contributed by atoms with van der Waals surface area (Å²) in [7, 11) is 1.14. The quantitative estimate of drug-likeness (QED) is 0.0195. The molecule has 0 radical (unpaired) electrons. The molecule has 0 aromatic heterocycles. The zero-order chi connectivity index (χ0) is 59.8. The highest BCUT2D eigenvalue weighted by molar-refractivity contribution is 7.45. The Morgan fingerprint density at radius 3 is 0.976 bits per heavy atom. The highest BCUT2D eigenvalue weighted by atomic mass is 31.2. The van der Waals surface area contributed by atoms with Gasteiger partial charge in [-0.3, -0.25) is 14.2 Å². The van der Waals surface area contributed by atoms with Crippen LogP contribution in [0.15, 0.2) is 146 Å². The lowest BCUT2D eigenvalue weighted by Crippen LogP contribution is -2.37. The molecule has 0 saturated heterocycles. The summed E-state index contributed by atoms with van der Waals surface area (Å²) < 4.78 is 34.3. The Kier molecular flexibility index (Phi) is 58.4. The van der Waals surface area contributed by atoms with E-state index in [9.17, 15) is 19.0 Å². The Morgan fingerprint density at radius 1 is 0.378 bits per heavy atom. The number of quaternary nitrogens is 1. The number of ether oxygens (including phenoxy) is 2. The fourth-order valence-electron chi connectivity index (χ4n) is 8.43. The monoisotopic (exact) mass is 1160 g/mol. The molecule has 0 aliphatic carbocycles. The molecular weight excluding hydrogens is 1040 g/mol. The summed E-state index contributed by atoms with van der Waals surface area (Å²) in [6.45, 7) is 3.99. The second kappa shape index (κ2) is 61.5. The van der Waals surface area contributed by atoms with Gasteiger partial charge in [-0.05, 0) is 116 Å². The van der Waals surface area contributed by atoms with Crippen LogP contribution in [-0.4, -0.2) is 70.0 Å². The van der Waals surface area contributed by atoms with Gasteiger partial charge in [0.1, 0.15) is 19.8 Å². The highest BCUT2D eigenvalue weighted by Gasteiger charge is 2.22. The Morgan fingerprint density at radius 2 is 0.659 bits per heavy atom. The first-order valence-electron chi connectivity index (χ1n) is 32.5. The first-order chi connectivity index (χ1) is 40.0. The molecule has 0 rings (SSSR count). The van der Waals surface area contributed by atoms with Crippen molar-refractivity contribution in [3.05, 3.63) is 146 Å². The lowest BCUT2D eigenvalue weighted by atomic mass is 10.0. The summed E-state index contributed by atoms with van der Waals surface area (Å²) in [5.74, 6) is -0.854. The van der Waals surface area contributed by atoms with Crippen molar-refractivity contribution in [3.8, 4) is 0 Å². The zero-order valence-corrected chi connectivity index (χ0v) is 53.8. The Labute approximate surface area is 503 Å². The number of esters is 2. The van der Waals surface area contributed by atoms with E-state index in [1.54, 1.807) is 0 Å². The summed E-state index contributed by atoms with van der Waals surface area (Å²) in [5, 5.41) is 0. The molecule has 0 aliphatic heterocycles. The number of phosphoric acid groups is 1. The van der Waals surface area contributed by atoms with E-state index in [0.29, 0.717) is 17.4 Å². The number of rotatable bonds is 58. The van der Waals surface area contributed by atoms with E-state index in [0.717, 1.165) is 135 Å². The molecular formula is C72H120NO8P. The van der Waals surface area contributed by atoms with E-state index in [1.807, 2.05) is 21.1 Å². The molecule has 2 unspecified atom stereocenters. The molecule has 0 heterocycles. The van der Waals surface area contributed by atoms with Crippen LogP contribution in [0.25, 0.3) is 0 Å². The number of carbonyl (C=O) groups excluding carboxylic acids is 2. The van der Waals surface area contributed by atoms with Crippen LogP contribution < -0.4 is 4.89 Å². The summed E-state index contributed by atoms with van der Waals surface area (Å²) in [6.07, 6.45) is 90.4. The van der Waals surface area contributed by atoms with Crippen molar-refractivity contribution in [1.82, 2.24) is 0 Å². The Hall–Kier alpha value is -4.11. The summed E-state index contributed by atoms with van der Waals surface area (Å²) in [5.41, 5.74) is 0. The zero-order valence-electron chi connectivity index (χ0n) is 52.9. The maximum absolute atomic E-state index is 12.8. The van der Waals surface area contributed by atoms with Gasteiger partial charge in [-0.25, -0.2) is 0 Å². The van der Waals surface area contributed by atoms with Gasteiger partial charge in [0.2, 0.25) is 0 Å². The fraction of sp³-hybridized carbons (Fsp3) is 0.639. The maximum atomic E-state index is 12.8. The van der Waals surface area contributed by atoms with E-state index in [4.69, 9.17) is 18.5 Å². The number of likely N-dealkylation sites (N-methyl/N-ethyl adjacent to an activating group) is 1. The molecule has 0 aromatic rings. The molecule has 0 spiro atoms. The number of carbonyl (C=O) groups is 2. The van der Waals surface area contributed by atoms with Crippen molar-refractivity contribution in [1.29, 1.82) is 0 Å². The smallest absolute Gasteiger partial charge is 0.306 e. The molecule has 82 heavy (non-hydrogen) atoms. The van der Waals surface area contributed by atoms with Gasteiger partial charge in [-0.1, -0.05) is 262 Å². The van der Waals surface area contributed by atoms with Crippen LogP contribution >= 0.6 is 7.82 Å². The molecule has 0 aromatic carbocycles. The van der Waals surface area contributed by atoms with Crippen LogP contribution in [0, 0.1) is 0 Å². The minimum Gasteiger partial charge on any atom is -0.756 e. The van der Waals surface area contributed by atoms with Crippen LogP contribution in [-0.2, 0) is 32.7 Å². The topological polar surface area (TPSA) is 111 Å². The predicted molar refractivity (Wildman–Crippen MR) is 350 cm³/mol. The van der Waals surface area contributed by atoms with Gasteiger partial charge in [-0.2, -0.15) is 0 Å². The third-order valence-corrected chi connectivity index (χ3v) is 14.3. The summed E-state index contributed by atoms with van der Waals surface area (Å²) >= 11 is 0. The number of hydrogen-bond acceptors (Lipinski definition) is 8. The molecule has 0 fully saturated rings. The van der Waals surface area contributed by atoms with Gasteiger partial charge in [0.05, 0.1) is 27.7 Å². The van der Waals surface area contributed by atoms with Crippen LogP contribution in [0.1, 0.15) is 245 Å². The average Bonchev–Trinajstić information content (AvgIpc) is 3.45. The van der Waals surface area contributed by atoms with Gasteiger partial charge < -0.3 is 27.9 Å². The molecule has 10 heteroatoms. The maximum Gasteiger partial charge on any atom is 0.306 e. The van der Waals surface area contributed by atoms with Gasteiger partial charge >= 0.3 is 11.9 Å². The number of unbranched alkanes of at least 4 members (excludes halogenated alkanes) is 20. The van der Waals surface area contributed by atoms with Gasteiger partial charge in [-0.15, -0.1) is 0 Å². The lowest BCUT2D eigenvalue weighted by molar-refractivity contribution is -0.870. The minimum absolute atomic E-state index is 0.0409. The number of nitrogens with zero attached hydrogens (tertiary/aromatic N) is 1. The Bertz CT molecular complexity index is 1890. The third kappa shape index (κ3) is 65.0. The van der Waals surface area contributed by atoms with Crippen molar-refractivity contribution in [2.24, 2.45) is 0 Å². The standard InChI is InChI=1S/C72H120NO8P/c1-6-8-10-12-14-16-18-20-22-24-26-28-30-32-34-36-38-40-42-44-46-48-50-52-54-56-58-60-62-64-71(74)78-68-70(69-80-82(76,77)79-67-66-73(3,4)5)81-72(75)65-63-61-59-57-55-53-51-49-47-45-43-41-39-37-35-33-31-29-27-25-23-21-19-17-15-13-11-9-7-2/h8-11,14-17,20-23,26-29,32-35,39,41,45,47,70H,6-7,12-13,18-19,24-25,30-31,36-38,40,42-44,46,48-69H2,1-5H3/b10-8-,11-9-,16-14-,17-15-,22-20-,23-21-,28-26-,29-27-,34-32-,35-33-,41-39-,47-45-. The van der Waals surface area contributed by atoms with Crippen molar-refractivity contribution in [2.75, 3.05) is 47.5 Å². The fourth-order valence-corrected chi connectivity index (χ4v) is 9.16. The van der Waals surface area contributed by atoms with E-state index in [-0.39, 0.29) is 26.1 Å². The first-order valence-corrected chi connectivity index (χ1v) is 34.0. The van der Waals surface area contributed by atoms with Crippen molar-refractivity contribution in [3.63, 3.8) is 0 Å². The summed E-state index contributed by atoms with van der Waals surface area (Å²) in [6, 6.07) is 0. The third-order valence-electron chi connectivity index (χ3n) is 13.4. The molecule has 0 aliphatic rings. The van der Waals surface area contributed by atoms with Crippen molar-refractivity contribution >= 4 is 19.8 Å². The molecule has 2 atom stereocenters. The van der Waals surface area contributed by atoms with E-state index >= 15 is 0 Å². The van der Waals surface area contributed by atoms with E-state index < -0.39 is 32.5 Å². The van der Waals surface area contributed by atoms with Crippen molar-refractivity contribution < 1.29 is 42.1 Å². The molecule has 466 valence electrons. The van der Waals surface area contributed by atoms with E-state index in [1.165, 1.54) is 77.0 Å². The lowest BCUT2D eigenvalue weighted by Gasteiger charge is -2.28. The van der Waals surface area contributed by atoms with Crippen LogP contribution in [0.2, 0.25) is 0 Å². The van der Waals surface area contributed by atoms with Gasteiger partial charge in [0.15, 0.2) is 6.10 Å². The van der Waals surface area contributed by atoms with E-state index in [2.05, 4.69) is 160 Å². The second-order valence-electron chi connectivity index (χ2n) is 22.4. The molecule has 0 N–H and O–H groups in total. The largest absolute Gasteiger partial charge is 0.756 e. The SMILES string of the molecule is CC/C=C\C/C=C\C/C=C\C/C=C\C/C=C\C/C=C\C/C=C\CCCCCCCCCC(=O)OC(COC(=O)CCCCCCCCCCCCCCC/C=C\C/C=C\C/C=C\C/C=C\C/C=C\CC)COP(=O)([O-])OCC[N+](C)(C)C. The van der Waals surface area contributed by atoms with Crippen LogP contribution in [0.3, 0.4) is 0 Å². The number of allylic oxidation sites excluding steroid dienone is 24. The average molecular weight is 1160 g/mol. The molecule has 0 amide bonds. The molecule has 0 bridgehead atoms. The van der Waals surface area contributed by atoms with Gasteiger partial charge in [0.25, 0.3) is 7.82 Å². The highest BCUT2D eigenvalue weighted by Crippen LogP contribution is 2.38. The molecule has 0 saturated carbocycles. The Balaban J connectivity index is 4.17. The minimum atomic E-state index is -4.65. The predicted octanol–water partition coefficient (Wildman–Crippen LogP) is 20.4. The van der Waals surface area contributed by atoms with Crippen molar-refractivity contribution in [2.45, 2.75) is 251 Å². The normalized spacial score (nSPS) is 14.2. The van der Waals surface area contributed by atoms with Crippen LogP contribution in [0.5, 0.6) is 0 Å². The van der Waals surface area contributed by atoms with Gasteiger partial charge in [0, 0.05) is 12.8 Å². The second-order valence-corrected chi connectivity index (χ2v) is 23.8. The molecule has 9 nitrogen and oxygen atoms in total. The number of phosphoric ester groups is 1. The summed E-state index contributed by atoms with van der Waals surface area (Å²) in [4.78, 5) is 38.0. The number of hydrogen-bond donors (Lipinski definition) is 0. The van der Waals surface area contributed by atoms with Crippen LogP contribution in [0.4, 0.5) is 0 Å². The first kappa shape index (κ1) is 77.9.